The molecule has 112 valence electrons. The summed E-state index contributed by atoms with van der Waals surface area (Å²) in [7, 11) is 0. The summed E-state index contributed by atoms with van der Waals surface area (Å²) in [6, 6.07) is 5.49. The van der Waals surface area contributed by atoms with Crippen molar-refractivity contribution in [2.45, 2.75) is 45.3 Å². The molecule has 5 heteroatoms. The quantitative estimate of drug-likeness (QED) is 0.833. The molecule has 0 radical (unpaired) electrons. The van der Waals surface area contributed by atoms with E-state index >= 15 is 0 Å². The topological polar surface area (TPSA) is 29.1 Å². The molecule has 1 aromatic rings. The summed E-state index contributed by atoms with van der Waals surface area (Å²) in [5.41, 5.74) is 0.0523. The lowest BCUT2D eigenvalue weighted by molar-refractivity contribution is -0.163. The lowest BCUT2D eigenvalue weighted by Crippen LogP contribution is -2.38. The SMILES string of the molecule is CCCC(C)CC(=O)NC(c1ccccc1)C(F)(F)F. The Labute approximate surface area is 117 Å². The van der Waals surface area contributed by atoms with E-state index in [1.54, 1.807) is 6.07 Å². The van der Waals surface area contributed by atoms with Gasteiger partial charge >= 0.3 is 6.18 Å². The number of benzene rings is 1. The number of alkyl halides is 3. The van der Waals surface area contributed by atoms with Crippen molar-refractivity contribution in [2.24, 2.45) is 5.92 Å². The number of amides is 1. The summed E-state index contributed by atoms with van der Waals surface area (Å²) in [5.74, 6) is -0.471. The molecule has 1 rings (SSSR count). The first-order valence-electron chi connectivity index (χ1n) is 6.75. The Bertz CT molecular complexity index is 417. The van der Waals surface area contributed by atoms with Gasteiger partial charge in [0.25, 0.3) is 0 Å². The Morgan fingerprint density at radius 1 is 1.25 bits per heavy atom. The van der Waals surface area contributed by atoms with E-state index in [0.29, 0.717) is 0 Å². The van der Waals surface area contributed by atoms with Crippen molar-refractivity contribution in [2.75, 3.05) is 0 Å². The summed E-state index contributed by atoms with van der Waals surface area (Å²) in [6.07, 6.45) is -2.64. The monoisotopic (exact) mass is 287 g/mol. The molecule has 0 spiro atoms. The maximum Gasteiger partial charge on any atom is 0.412 e. The molecule has 2 nitrogen and oxygen atoms in total. The molecule has 1 aromatic carbocycles. The van der Waals surface area contributed by atoms with Gasteiger partial charge in [0.15, 0.2) is 6.04 Å². The van der Waals surface area contributed by atoms with E-state index in [4.69, 9.17) is 0 Å². The summed E-state index contributed by atoms with van der Waals surface area (Å²) in [4.78, 5) is 11.7. The zero-order valence-electron chi connectivity index (χ0n) is 11.7. The predicted octanol–water partition coefficient (Wildman–Crippen LogP) is 4.23. The number of halogens is 3. The van der Waals surface area contributed by atoms with Gasteiger partial charge in [-0.05, 0) is 11.5 Å². The van der Waals surface area contributed by atoms with Gasteiger partial charge in [-0.15, -0.1) is 0 Å². The fourth-order valence-corrected chi connectivity index (χ4v) is 2.13. The molecule has 0 aliphatic carbocycles. The van der Waals surface area contributed by atoms with Crippen LogP contribution < -0.4 is 5.32 Å². The van der Waals surface area contributed by atoms with E-state index in [1.165, 1.54) is 24.3 Å². The first-order valence-corrected chi connectivity index (χ1v) is 6.75. The molecule has 0 heterocycles. The van der Waals surface area contributed by atoms with Crippen molar-refractivity contribution < 1.29 is 18.0 Å². The van der Waals surface area contributed by atoms with Crippen molar-refractivity contribution in [1.29, 1.82) is 0 Å². The third-order valence-electron chi connectivity index (χ3n) is 3.08. The minimum absolute atomic E-state index is 0.0523. The molecule has 0 aliphatic heterocycles. The Morgan fingerprint density at radius 3 is 2.35 bits per heavy atom. The average molecular weight is 287 g/mol. The van der Waals surface area contributed by atoms with Crippen molar-refractivity contribution in [1.82, 2.24) is 5.32 Å². The van der Waals surface area contributed by atoms with Crippen LogP contribution >= 0.6 is 0 Å². The summed E-state index contributed by atoms with van der Waals surface area (Å²) >= 11 is 0. The third-order valence-corrected chi connectivity index (χ3v) is 3.08. The number of hydrogen-bond acceptors (Lipinski definition) is 1. The number of carbonyl (C=O) groups excluding carboxylic acids is 1. The molecule has 1 amide bonds. The Balaban J connectivity index is 2.75. The van der Waals surface area contributed by atoms with Crippen LogP contribution in [-0.4, -0.2) is 12.1 Å². The largest absolute Gasteiger partial charge is 0.412 e. The van der Waals surface area contributed by atoms with Crippen LogP contribution in [-0.2, 0) is 4.79 Å². The van der Waals surface area contributed by atoms with Gasteiger partial charge in [-0.25, -0.2) is 0 Å². The number of rotatable bonds is 6. The molecule has 0 fully saturated rings. The molecule has 2 unspecified atom stereocenters. The summed E-state index contributed by atoms with van der Waals surface area (Å²) in [5, 5.41) is 2.10. The third kappa shape index (κ3) is 5.23. The maximum atomic E-state index is 13.0. The molecular weight excluding hydrogens is 267 g/mol. The van der Waals surface area contributed by atoms with Gasteiger partial charge in [0.1, 0.15) is 0 Å². The minimum Gasteiger partial charge on any atom is -0.341 e. The molecule has 2 atom stereocenters. The van der Waals surface area contributed by atoms with E-state index < -0.39 is 18.1 Å². The lowest BCUT2D eigenvalue weighted by Gasteiger charge is -2.22. The highest BCUT2D eigenvalue weighted by molar-refractivity contribution is 5.76. The number of carbonyl (C=O) groups is 1. The lowest BCUT2D eigenvalue weighted by atomic mass is 10.0. The van der Waals surface area contributed by atoms with Gasteiger partial charge < -0.3 is 5.32 Å². The fraction of sp³-hybridized carbons (Fsp3) is 0.533. The van der Waals surface area contributed by atoms with E-state index in [1.807, 2.05) is 13.8 Å². The van der Waals surface area contributed by atoms with Crippen LogP contribution in [0.2, 0.25) is 0 Å². The number of nitrogens with one attached hydrogen (secondary N) is 1. The van der Waals surface area contributed by atoms with Crippen LogP contribution in [0, 0.1) is 5.92 Å². The van der Waals surface area contributed by atoms with Crippen LogP contribution in [0.15, 0.2) is 30.3 Å². The molecule has 0 bridgehead atoms. The standard InChI is InChI=1S/C15H20F3NO/c1-3-7-11(2)10-13(20)19-14(15(16,17)18)12-8-5-4-6-9-12/h4-6,8-9,11,14H,3,7,10H2,1-2H3,(H,19,20). The van der Waals surface area contributed by atoms with Gasteiger partial charge in [0, 0.05) is 6.42 Å². The number of hydrogen-bond donors (Lipinski definition) is 1. The minimum atomic E-state index is -4.50. The normalized spacial score (nSPS) is 14.7. The van der Waals surface area contributed by atoms with Crippen LogP contribution in [0.3, 0.4) is 0 Å². The van der Waals surface area contributed by atoms with Crippen LogP contribution in [0.1, 0.15) is 44.7 Å². The second-order valence-corrected chi connectivity index (χ2v) is 5.05. The second kappa shape index (κ2) is 7.31. The smallest absolute Gasteiger partial charge is 0.341 e. The van der Waals surface area contributed by atoms with Crippen LogP contribution in [0.25, 0.3) is 0 Å². The van der Waals surface area contributed by atoms with E-state index in [2.05, 4.69) is 5.32 Å². The van der Waals surface area contributed by atoms with E-state index in [0.717, 1.165) is 12.8 Å². The van der Waals surface area contributed by atoms with E-state index in [-0.39, 0.29) is 17.9 Å². The van der Waals surface area contributed by atoms with Crippen molar-refractivity contribution >= 4 is 5.91 Å². The Hall–Kier alpha value is -1.52. The molecule has 1 N–H and O–H groups in total. The Morgan fingerprint density at radius 2 is 1.85 bits per heavy atom. The van der Waals surface area contributed by atoms with Crippen molar-refractivity contribution in [3.05, 3.63) is 35.9 Å². The Kier molecular flexibility index (Phi) is 6.05. The van der Waals surface area contributed by atoms with Gasteiger partial charge in [0.05, 0.1) is 0 Å². The van der Waals surface area contributed by atoms with Gasteiger partial charge in [-0.3, -0.25) is 4.79 Å². The highest BCUT2D eigenvalue weighted by Crippen LogP contribution is 2.32. The fourth-order valence-electron chi connectivity index (χ4n) is 2.13. The zero-order chi connectivity index (χ0) is 15.2. The molecule has 0 aliphatic rings. The first-order chi connectivity index (χ1) is 9.34. The second-order valence-electron chi connectivity index (χ2n) is 5.05. The maximum absolute atomic E-state index is 13.0. The van der Waals surface area contributed by atoms with Crippen molar-refractivity contribution in [3.8, 4) is 0 Å². The van der Waals surface area contributed by atoms with Crippen LogP contribution in [0.5, 0.6) is 0 Å². The average Bonchev–Trinajstić information content (AvgIpc) is 2.36. The zero-order valence-corrected chi connectivity index (χ0v) is 11.7. The molecular formula is C15H20F3NO. The molecule has 0 saturated heterocycles. The van der Waals surface area contributed by atoms with Crippen LogP contribution in [0.4, 0.5) is 13.2 Å². The summed E-state index contributed by atoms with van der Waals surface area (Å²) in [6.45, 7) is 3.85. The van der Waals surface area contributed by atoms with Gasteiger partial charge in [-0.2, -0.15) is 13.2 Å². The first kappa shape index (κ1) is 16.5. The predicted molar refractivity (Wildman–Crippen MR) is 72.1 cm³/mol. The summed E-state index contributed by atoms with van der Waals surface area (Å²) < 4.78 is 39.1. The van der Waals surface area contributed by atoms with E-state index in [9.17, 15) is 18.0 Å². The molecule has 0 saturated carbocycles. The highest BCUT2D eigenvalue weighted by atomic mass is 19.4. The van der Waals surface area contributed by atoms with Gasteiger partial charge in [-0.1, -0.05) is 57.0 Å². The van der Waals surface area contributed by atoms with Gasteiger partial charge in [0.2, 0.25) is 5.91 Å². The molecule has 20 heavy (non-hydrogen) atoms. The molecule has 0 aromatic heterocycles. The van der Waals surface area contributed by atoms with Crippen molar-refractivity contribution in [3.63, 3.8) is 0 Å². The highest BCUT2D eigenvalue weighted by Gasteiger charge is 2.41.